The van der Waals surface area contributed by atoms with Gasteiger partial charge in [0.1, 0.15) is 0 Å². The van der Waals surface area contributed by atoms with E-state index < -0.39 is 7.26 Å². The zero-order chi connectivity index (χ0) is 26.3. The molecule has 0 radical (unpaired) electrons. The third kappa shape index (κ3) is 8.18. The van der Waals surface area contributed by atoms with E-state index in [9.17, 15) is 4.79 Å². The Bertz CT molecular complexity index is 1090. The van der Waals surface area contributed by atoms with Crippen LogP contribution >= 0.6 is 19.5 Å². The molecule has 3 aromatic carbocycles. The van der Waals surface area contributed by atoms with Gasteiger partial charge in [0.05, 0.1) is 0 Å². The van der Waals surface area contributed by atoms with Gasteiger partial charge in [0.2, 0.25) is 0 Å². The molecule has 0 aliphatic carbocycles. The van der Waals surface area contributed by atoms with Crippen molar-refractivity contribution in [3.63, 3.8) is 0 Å². The van der Waals surface area contributed by atoms with Crippen LogP contribution in [0.4, 0.5) is 0 Å². The minimum absolute atomic E-state index is 0.0335. The van der Waals surface area contributed by atoms with E-state index in [0.717, 1.165) is 6.16 Å². The van der Waals surface area contributed by atoms with Gasteiger partial charge in [-0.2, -0.15) is 0 Å². The van der Waals surface area contributed by atoms with E-state index in [2.05, 4.69) is 99.2 Å². The second-order valence-corrected chi connectivity index (χ2v) is 12.8. The summed E-state index contributed by atoms with van der Waals surface area (Å²) < 4.78 is 0. The van der Waals surface area contributed by atoms with Crippen LogP contribution in [0.2, 0.25) is 0 Å². The molecule has 1 amide bonds. The third-order valence-corrected chi connectivity index (χ3v) is 11.0. The van der Waals surface area contributed by atoms with Crippen molar-refractivity contribution in [1.82, 2.24) is 16.2 Å². The Morgan fingerprint density at radius 3 is 1.84 bits per heavy atom. The van der Waals surface area contributed by atoms with Crippen molar-refractivity contribution < 1.29 is 4.79 Å². The number of hydrogen-bond donors (Lipinski definition) is 5. The maximum atomic E-state index is 12.8. The van der Waals surface area contributed by atoms with Crippen molar-refractivity contribution in [3.8, 4) is 0 Å². The van der Waals surface area contributed by atoms with Gasteiger partial charge in [-0.05, 0) is 0 Å². The van der Waals surface area contributed by atoms with E-state index in [0.29, 0.717) is 18.7 Å². The van der Waals surface area contributed by atoms with Gasteiger partial charge in [0.25, 0.3) is 0 Å². The van der Waals surface area contributed by atoms with E-state index in [1.165, 1.54) is 22.1 Å². The topological polar surface area (TPSA) is 130 Å². The molecule has 194 valence electrons. The normalized spacial score (nSPS) is 12.2. The van der Waals surface area contributed by atoms with Crippen LogP contribution in [-0.2, 0) is 4.79 Å². The summed E-state index contributed by atoms with van der Waals surface area (Å²) in [6, 6.07) is 31.9. The van der Waals surface area contributed by atoms with Crippen molar-refractivity contribution >= 4 is 58.3 Å². The van der Waals surface area contributed by atoms with E-state index >= 15 is 0 Å². The molecule has 3 rings (SSSR count). The minimum atomic E-state index is -2.40. The quantitative estimate of drug-likeness (QED) is 0.0738. The van der Waals surface area contributed by atoms with Crippen LogP contribution in [0.1, 0.15) is 12.8 Å². The molecule has 0 aliphatic rings. The number of nitrogens with two attached hydrogens (primary N) is 2. The molecule has 7 N–H and O–H groups in total. The summed E-state index contributed by atoms with van der Waals surface area (Å²) in [7, 11) is -2.40. The van der Waals surface area contributed by atoms with Crippen LogP contribution in [0.25, 0.3) is 0 Å². The number of nitrogens with zero attached hydrogens (tertiary/aromatic N) is 2. The molecule has 0 bridgehead atoms. The van der Waals surface area contributed by atoms with Gasteiger partial charge in [-0.25, -0.2) is 0 Å². The van der Waals surface area contributed by atoms with Crippen LogP contribution in [0.5, 0.6) is 0 Å². The fourth-order valence-corrected chi connectivity index (χ4v) is 8.97. The van der Waals surface area contributed by atoms with Crippen molar-refractivity contribution in [2.75, 3.05) is 19.4 Å². The number of hydrazone groups is 2. The Labute approximate surface area is 223 Å². The van der Waals surface area contributed by atoms with E-state index in [-0.39, 0.29) is 24.1 Å². The first-order chi connectivity index (χ1) is 18.1. The molecule has 0 saturated heterocycles. The first kappa shape index (κ1) is 27.9. The summed E-state index contributed by atoms with van der Waals surface area (Å²) in [4.78, 5) is 12.8. The molecule has 0 spiro atoms. The van der Waals surface area contributed by atoms with Gasteiger partial charge in [-0.3, -0.25) is 0 Å². The fraction of sp³-hybridized carbons (Fsp3) is 0.185. The number of amides is 1. The summed E-state index contributed by atoms with van der Waals surface area (Å²) >= 11 is 4.80. The number of rotatable bonds is 13. The first-order valence-corrected chi connectivity index (χ1v) is 14.7. The molecule has 0 unspecified atom stereocenters. The monoisotopic (exact) mass is 535 g/mol. The molecule has 37 heavy (non-hydrogen) atoms. The number of carbonyl (C=O) groups excluding carboxylic acids is 1. The fourth-order valence-electron chi connectivity index (χ4n) is 4.27. The van der Waals surface area contributed by atoms with Gasteiger partial charge in [0.15, 0.2) is 0 Å². The van der Waals surface area contributed by atoms with Crippen LogP contribution in [-0.4, -0.2) is 42.3 Å². The average Bonchev–Trinajstić information content (AvgIpc) is 2.94. The van der Waals surface area contributed by atoms with Crippen molar-refractivity contribution in [2.24, 2.45) is 21.7 Å². The van der Waals surface area contributed by atoms with E-state index in [4.69, 9.17) is 23.7 Å². The van der Waals surface area contributed by atoms with Crippen molar-refractivity contribution in [2.45, 2.75) is 12.8 Å². The molecule has 8 nitrogen and oxygen atoms in total. The number of nitrogens with one attached hydrogen (secondary N) is 3. The molecule has 0 aromatic heterocycles. The number of benzene rings is 3. The predicted molar refractivity (Wildman–Crippen MR) is 162 cm³/mol. The summed E-state index contributed by atoms with van der Waals surface area (Å²) in [5, 5.41) is 15.1. The number of thiocarbonyl (C=S) groups is 1. The zero-order valence-electron chi connectivity index (χ0n) is 20.6. The van der Waals surface area contributed by atoms with E-state index in [1.54, 1.807) is 0 Å². The number of carbonyl (C=O) groups is 1. The molecule has 0 heterocycles. The number of hydrogen-bond acceptors (Lipinski definition) is 6. The second-order valence-electron chi connectivity index (χ2n) is 8.30. The molecule has 0 saturated carbocycles. The first-order valence-electron chi connectivity index (χ1n) is 12.1. The summed E-state index contributed by atoms with van der Waals surface area (Å²) in [6.45, 7) is 0.729. The van der Waals surface area contributed by atoms with Gasteiger partial charge in [-0.1, -0.05) is 0 Å². The summed E-state index contributed by atoms with van der Waals surface area (Å²) in [5.41, 5.74) is 16.5. The molecule has 0 aliphatic heterocycles. The molecule has 0 fully saturated rings. The summed E-state index contributed by atoms with van der Waals surface area (Å²) in [6.07, 6.45) is 2.91. The molecule has 0 atom stereocenters. The Balaban J connectivity index is 1.77. The Hall–Kier alpha value is -3.65. The molecular weight excluding hydrogens is 501 g/mol. The van der Waals surface area contributed by atoms with Crippen molar-refractivity contribution in [3.05, 3.63) is 91.0 Å². The zero-order valence-corrected chi connectivity index (χ0v) is 22.5. The van der Waals surface area contributed by atoms with Crippen LogP contribution in [0, 0.1) is 0 Å². The van der Waals surface area contributed by atoms with Crippen LogP contribution in [0.3, 0.4) is 0 Å². The third-order valence-electron chi connectivity index (χ3n) is 5.94. The molecule has 3 aromatic rings. The van der Waals surface area contributed by atoms with Crippen molar-refractivity contribution in [1.29, 1.82) is 0 Å². The summed E-state index contributed by atoms with van der Waals surface area (Å²) in [5.74, 6) is -0.0692. The van der Waals surface area contributed by atoms with Gasteiger partial charge < -0.3 is 0 Å². The van der Waals surface area contributed by atoms with Crippen LogP contribution < -0.4 is 43.5 Å². The molecular formula is C27H34N7OPS. The molecule has 10 heteroatoms. The van der Waals surface area contributed by atoms with Crippen LogP contribution in [0.15, 0.2) is 101 Å². The van der Waals surface area contributed by atoms with Gasteiger partial charge >= 0.3 is 224 Å². The van der Waals surface area contributed by atoms with Gasteiger partial charge in [0, 0.05) is 0 Å². The Morgan fingerprint density at radius 1 is 0.865 bits per heavy atom. The standard InChI is InChI=1S/C27H34N7OPS/c28-21-32-31-20-22(33-34-27(29)37)16-17-26(35)30-18-19-36(23-10-4-1-5-11-23,24-12-6-2-7-13-24)25-14-8-3-9-15-25/h1-15,20,32,36H,16-19,21,28H2,(H,30,35)(H3,29,34,37)/b31-20+,33-22+. The average molecular weight is 536 g/mol. The Morgan fingerprint density at radius 2 is 1.38 bits per heavy atom. The van der Waals surface area contributed by atoms with E-state index in [1.807, 2.05) is 18.2 Å². The van der Waals surface area contributed by atoms with Gasteiger partial charge in [-0.15, -0.1) is 0 Å². The second kappa shape index (κ2) is 14.8. The Kier molecular flexibility index (Phi) is 11.2. The maximum absolute atomic E-state index is 12.8. The SMILES string of the molecule is NCN/N=C/C(CCC(=O)NCC[PH](c1ccccc1)(c1ccccc1)c1ccccc1)=N/NC(N)=S. The predicted octanol–water partition coefficient (Wildman–Crippen LogP) is 1.29.